The number of carbonyl (C=O) groups is 1. The molecule has 6 nitrogen and oxygen atoms in total. The van der Waals surface area contributed by atoms with E-state index in [1.807, 2.05) is 24.3 Å². The molecule has 0 aliphatic heterocycles. The highest BCUT2D eigenvalue weighted by atomic mass is 16.5. The van der Waals surface area contributed by atoms with Gasteiger partial charge in [0.25, 0.3) is 5.91 Å². The standard InChI is InChI=1S/C13H10N4O2/c18-13(12-5-7-19-17-12)15-10-3-1-2-9(8-10)11-4-6-14-16-11/h1-8H,(H,14,16)(H,15,18). The molecular formula is C13H10N4O2. The van der Waals surface area contributed by atoms with Crippen molar-refractivity contribution in [1.29, 1.82) is 0 Å². The molecule has 0 spiro atoms. The molecule has 2 heterocycles. The lowest BCUT2D eigenvalue weighted by atomic mass is 10.1. The van der Waals surface area contributed by atoms with Gasteiger partial charge in [-0.1, -0.05) is 17.3 Å². The van der Waals surface area contributed by atoms with Crippen LogP contribution >= 0.6 is 0 Å². The van der Waals surface area contributed by atoms with Crippen molar-refractivity contribution < 1.29 is 9.32 Å². The van der Waals surface area contributed by atoms with Gasteiger partial charge >= 0.3 is 0 Å². The molecule has 6 heteroatoms. The van der Waals surface area contributed by atoms with Crippen LogP contribution in [-0.4, -0.2) is 21.3 Å². The van der Waals surface area contributed by atoms with Gasteiger partial charge in [0.2, 0.25) is 0 Å². The van der Waals surface area contributed by atoms with Gasteiger partial charge in [0.15, 0.2) is 5.69 Å². The van der Waals surface area contributed by atoms with Crippen molar-refractivity contribution in [1.82, 2.24) is 15.4 Å². The summed E-state index contributed by atoms with van der Waals surface area (Å²) in [5, 5.41) is 13.1. The lowest BCUT2D eigenvalue weighted by Crippen LogP contribution is -2.12. The second kappa shape index (κ2) is 4.77. The maximum absolute atomic E-state index is 11.8. The van der Waals surface area contributed by atoms with Gasteiger partial charge in [-0.15, -0.1) is 0 Å². The Labute approximate surface area is 108 Å². The summed E-state index contributed by atoms with van der Waals surface area (Å²) < 4.78 is 4.63. The highest BCUT2D eigenvalue weighted by Crippen LogP contribution is 2.20. The summed E-state index contributed by atoms with van der Waals surface area (Å²) in [6.07, 6.45) is 3.03. The summed E-state index contributed by atoms with van der Waals surface area (Å²) >= 11 is 0. The number of nitrogens with one attached hydrogen (secondary N) is 2. The van der Waals surface area contributed by atoms with Crippen LogP contribution < -0.4 is 5.32 Å². The zero-order valence-corrected chi connectivity index (χ0v) is 9.83. The zero-order chi connectivity index (χ0) is 13.1. The van der Waals surface area contributed by atoms with E-state index in [1.54, 1.807) is 12.3 Å². The molecule has 0 unspecified atom stereocenters. The quantitative estimate of drug-likeness (QED) is 0.751. The van der Waals surface area contributed by atoms with Crippen LogP contribution in [-0.2, 0) is 0 Å². The summed E-state index contributed by atoms with van der Waals surface area (Å²) in [5.41, 5.74) is 2.75. The van der Waals surface area contributed by atoms with Crippen molar-refractivity contribution in [2.24, 2.45) is 0 Å². The Morgan fingerprint density at radius 2 is 2.21 bits per heavy atom. The summed E-state index contributed by atoms with van der Waals surface area (Å²) in [4.78, 5) is 11.8. The Morgan fingerprint density at radius 1 is 1.26 bits per heavy atom. The third-order valence-electron chi connectivity index (χ3n) is 2.60. The van der Waals surface area contributed by atoms with Gasteiger partial charge in [0, 0.05) is 23.5 Å². The number of aromatic amines is 1. The third-order valence-corrected chi connectivity index (χ3v) is 2.60. The molecule has 1 aromatic carbocycles. The molecule has 0 aliphatic carbocycles. The molecule has 19 heavy (non-hydrogen) atoms. The average Bonchev–Trinajstić information content (AvgIpc) is 3.13. The normalized spacial score (nSPS) is 10.3. The minimum Gasteiger partial charge on any atom is -0.364 e. The number of carbonyl (C=O) groups excluding carboxylic acids is 1. The van der Waals surface area contributed by atoms with Gasteiger partial charge in [-0.2, -0.15) is 5.10 Å². The molecule has 3 rings (SSSR count). The highest BCUT2D eigenvalue weighted by Gasteiger charge is 2.09. The van der Waals surface area contributed by atoms with Crippen LogP contribution in [0.25, 0.3) is 11.3 Å². The monoisotopic (exact) mass is 254 g/mol. The van der Waals surface area contributed by atoms with E-state index in [4.69, 9.17) is 0 Å². The molecule has 0 atom stereocenters. The van der Waals surface area contributed by atoms with Gasteiger partial charge in [0.1, 0.15) is 6.26 Å². The highest BCUT2D eigenvalue weighted by molar-refractivity contribution is 6.02. The summed E-state index contributed by atoms with van der Waals surface area (Å²) in [7, 11) is 0. The van der Waals surface area contributed by atoms with Gasteiger partial charge in [-0.25, -0.2) is 0 Å². The van der Waals surface area contributed by atoms with Crippen molar-refractivity contribution in [3.8, 4) is 11.3 Å². The van der Waals surface area contributed by atoms with E-state index in [-0.39, 0.29) is 11.6 Å². The first-order chi connectivity index (χ1) is 9.33. The lowest BCUT2D eigenvalue weighted by molar-refractivity contribution is 0.101. The molecule has 3 aromatic rings. The Kier molecular flexibility index (Phi) is 2.82. The molecule has 0 saturated heterocycles. The Morgan fingerprint density at radius 3 is 2.95 bits per heavy atom. The smallest absolute Gasteiger partial charge is 0.277 e. The topological polar surface area (TPSA) is 83.8 Å². The molecule has 2 N–H and O–H groups in total. The summed E-state index contributed by atoms with van der Waals surface area (Å²) in [6.45, 7) is 0. The van der Waals surface area contributed by atoms with Gasteiger partial charge in [-0.05, 0) is 18.2 Å². The van der Waals surface area contributed by atoms with Crippen molar-refractivity contribution in [3.63, 3.8) is 0 Å². The fraction of sp³-hybridized carbons (Fsp3) is 0. The first-order valence-electron chi connectivity index (χ1n) is 5.64. The molecule has 94 valence electrons. The van der Waals surface area contributed by atoms with Crippen LogP contribution in [0.4, 0.5) is 5.69 Å². The number of H-pyrrole nitrogens is 1. The number of aromatic nitrogens is 3. The van der Waals surface area contributed by atoms with Crippen molar-refractivity contribution in [3.05, 3.63) is 54.6 Å². The number of nitrogens with zero attached hydrogens (tertiary/aromatic N) is 2. The van der Waals surface area contributed by atoms with E-state index in [2.05, 4.69) is 25.2 Å². The van der Waals surface area contributed by atoms with Crippen molar-refractivity contribution >= 4 is 11.6 Å². The van der Waals surface area contributed by atoms with E-state index in [1.165, 1.54) is 12.3 Å². The van der Waals surface area contributed by atoms with Crippen LogP contribution in [0.15, 0.2) is 53.4 Å². The van der Waals surface area contributed by atoms with E-state index >= 15 is 0 Å². The number of amides is 1. The van der Waals surface area contributed by atoms with Gasteiger partial charge in [0.05, 0.1) is 5.69 Å². The second-order valence-electron chi connectivity index (χ2n) is 3.89. The fourth-order valence-corrected chi connectivity index (χ4v) is 1.71. The number of hydrogen-bond acceptors (Lipinski definition) is 4. The van der Waals surface area contributed by atoms with Crippen LogP contribution in [0.2, 0.25) is 0 Å². The fourth-order valence-electron chi connectivity index (χ4n) is 1.71. The molecule has 0 saturated carbocycles. The summed E-state index contributed by atoms with van der Waals surface area (Å²) in [5.74, 6) is -0.310. The third kappa shape index (κ3) is 2.37. The molecule has 2 aromatic heterocycles. The van der Waals surface area contributed by atoms with E-state index < -0.39 is 0 Å². The first-order valence-corrected chi connectivity index (χ1v) is 5.64. The molecule has 0 radical (unpaired) electrons. The summed E-state index contributed by atoms with van der Waals surface area (Å²) in [6, 6.07) is 10.8. The van der Waals surface area contributed by atoms with Crippen LogP contribution in [0.1, 0.15) is 10.5 Å². The Hall–Kier alpha value is -2.89. The van der Waals surface area contributed by atoms with E-state index in [0.29, 0.717) is 5.69 Å². The first kappa shape index (κ1) is 11.2. The molecule has 0 fully saturated rings. The molecule has 0 bridgehead atoms. The van der Waals surface area contributed by atoms with E-state index in [9.17, 15) is 4.79 Å². The van der Waals surface area contributed by atoms with Crippen molar-refractivity contribution in [2.75, 3.05) is 5.32 Å². The molecular weight excluding hydrogens is 244 g/mol. The van der Waals surface area contributed by atoms with Gasteiger partial charge in [-0.3, -0.25) is 9.89 Å². The molecule has 0 aliphatic rings. The SMILES string of the molecule is O=C(Nc1cccc(-c2ccn[nH]2)c1)c1ccon1. The predicted molar refractivity (Wildman–Crippen MR) is 68.5 cm³/mol. The van der Waals surface area contributed by atoms with Crippen LogP contribution in [0, 0.1) is 0 Å². The minimum atomic E-state index is -0.310. The average molecular weight is 254 g/mol. The van der Waals surface area contributed by atoms with E-state index in [0.717, 1.165) is 11.3 Å². The minimum absolute atomic E-state index is 0.243. The maximum atomic E-state index is 11.8. The van der Waals surface area contributed by atoms with Crippen molar-refractivity contribution in [2.45, 2.75) is 0 Å². The number of anilines is 1. The predicted octanol–water partition coefficient (Wildman–Crippen LogP) is 2.32. The Balaban J connectivity index is 1.82. The largest absolute Gasteiger partial charge is 0.364 e. The van der Waals surface area contributed by atoms with Gasteiger partial charge < -0.3 is 9.84 Å². The maximum Gasteiger partial charge on any atom is 0.277 e. The molecule has 1 amide bonds. The van der Waals surface area contributed by atoms with Crippen LogP contribution in [0.3, 0.4) is 0 Å². The number of rotatable bonds is 3. The van der Waals surface area contributed by atoms with Crippen LogP contribution in [0.5, 0.6) is 0 Å². The zero-order valence-electron chi connectivity index (χ0n) is 9.83. The Bertz CT molecular complexity index is 675. The number of benzene rings is 1. The number of hydrogen-bond donors (Lipinski definition) is 2. The second-order valence-corrected chi connectivity index (χ2v) is 3.89. The lowest BCUT2D eigenvalue weighted by Gasteiger charge is -2.04.